The van der Waals surface area contributed by atoms with Gasteiger partial charge < -0.3 is 24.7 Å². The van der Waals surface area contributed by atoms with E-state index in [-0.39, 0.29) is 19.2 Å². The predicted octanol–water partition coefficient (Wildman–Crippen LogP) is 2.92. The van der Waals surface area contributed by atoms with Gasteiger partial charge in [0.05, 0.1) is 54.9 Å². The maximum absolute atomic E-state index is 12.9. The molecule has 8 nitrogen and oxygen atoms in total. The van der Waals surface area contributed by atoms with Gasteiger partial charge in [0.25, 0.3) is 0 Å². The molecular weight excluding hydrogens is 384 g/mol. The lowest BCUT2D eigenvalue weighted by Crippen LogP contribution is -2.46. The van der Waals surface area contributed by atoms with Crippen molar-refractivity contribution in [2.75, 3.05) is 13.7 Å². The third kappa shape index (κ3) is 3.71. The van der Waals surface area contributed by atoms with Gasteiger partial charge in [0.1, 0.15) is 5.75 Å². The number of aromatic nitrogens is 2. The van der Waals surface area contributed by atoms with Crippen molar-refractivity contribution in [2.45, 2.75) is 19.5 Å². The number of urea groups is 1. The number of methoxy groups -OCH3 is 1. The molecule has 0 radical (unpaired) electrons. The Morgan fingerprint density at radius 2 is 1.93 bits per heavy atom. The van der Waals surface area contributed by atoms with E-state index in [9.17, 15) is 9.59 Å². The van der Waals surface area contributed by atoms with Crippen LogP contribution >= 0.6 is 0 Å². The number of fused-ring (bicyclic) bond motifs is 1. The first-order valence-corrected chi connectivity index (χ1v) is 9.62. The van der Waals surface area contributed by atoms with E-state index in [1.165, 1.54) is 0 Å². The van der Waals surface area contributed by atoms with Crippen LogP contribution in [0.4, 0.5) is 4.79 Å². The second kappa shape index (κ2) is 8.28. The molecule has 0 unspecified atom stereocenters. The van der Waals surface area contributed by atoms with E-state index in [1.807, 2.05) is 41.0 Å². The third-order valence-electron chi connectivity index (χ3n) is 4.95. The van der Waals surface area contributed by atoms with E-state index >= 15 is 0 Å². The second-order valence-electron chi connectivity index (χ2n) is 6.78. The monoisotopic (exact) mass is 406 g/mol. The first kappa shape index (κ1) is 19.5. The molecule has 1 aromatic heterocycles. The van der Waals surface area contributed by atoms with E-state index < -0.39 is 12.0 Å². The molecule has 2 N–H and O–H groups in total. The Bertz CT molecular complexity index is 1120. The molecule has 8 heteroatoms. The highest BCUT2D eigenvalue weighted by Gasteiger charge is 2.34. The summed E-state index contributed by atoms with van der Waals surface area (Å²) in [5, 5.41) is 5.62. The van der Waals surface area contributed by atoms with Crippen molar-refractivity contribution >= 4 is 23.0 Å². The zero-order valence-electron chi connectivity index (χ0n) is 16.7. The minimum Gasteiger partial charge on any atom is -0.497 e. The summed E-state index contributed by atoms with van der Waals surface area (Å²) < 4.78 is 12.4. The van der Waals surface area contributed by atoms with Crippen LogP contribution in [0.15, 0.2) is 66.1 Å². The standard InChI is InChI=1S/C22H22N4O4/c1-3-30-21(27)19-17(12-26-13-23-16-6-4-5-7-18(16)26)24-22(28)25-20(19)14-8-10-15(29-2)11-9-14/h4-11,13,20H,3,12H2,1-2H3,(H2,24,25,28)/t20-/m1/s1. The van der Waals surface area contributed by atoms with Crippen molar-refractivity contribution < 1.29 is 19.1 Å². The Morgan fingerprint density at radius 1 is 1.17 bits per heavy atom. The van der Waals surface area contributed by atoms with Gasteiger partial charge in [-0.25, -0.2) is 14.6 Å². The molecule has 30 heavy (non-hydrogen) atoms. The molecule has 2 amide bonds. The lowest BCUT2D eigenvalue weighted by Gasteiger charge is -2.29. The Kier molecular flexibility index (Phi) is 5.38. The molecule has 0 saturated carbocycles. The van der Waals surface area contributed by atoms with Crippen molar-refractivity contribution in [3.63, 3.8) is 0 Å². The highest BCUT2D eigenvalue weighted by Crippen LogP contribution is 2.30. The maximum Gasteiger partial charge on any atom is 0.338 e. The molecule has 3 aromatic rings. The highest BCUT2D eigenvalue weighted by molar-refractivity contribution is 5.95. The van der Waals surface area contributed by atoms with Crippen LogP contribution < -0.4 is 15.4 Å². The van der Waals surface area contributed by atoms with Crippen LogP contribution in [-0.4, -0.2) is 35.3 Å². The summed E-state index contributed by atoms with van der Waals surface area (Å²) in [6.45, 7) is 2.25. The zero-order chi connectivity index (χ0) is 21.1. The van der Waals surface area contributed by atoms with Crippen LogP contribution in [0.3, 0.4) is 0 Å². The SMILES string of the molecule is CCOC(=O)C1=C(Cn2cnc3ccccc32)NC(=O)N[C@@H]1c1ccc(OC)cc1. The van der Waals surface area contributed by atoms with E-state index in [1.54, 1.807) is 32.5 Å². The molecule has 1 aliphatic rings. The molecule has 2 heterocycles. The largest absolute Gasteiger partial charge is 0.497 e. The Hall–Kier alpha value is -3.81. The molecule has 2 aromatic carbocycles. The summed E-state index contributed by atoms with van der Waals surface area (Å²) in [5.41, 5.74) is 3.33. The second-order valence-corrected chi connectivity index (χ2v) is 6.78. The van der Waals surface area contributed by atoms with Crippen LogP contribution in [0.1, 0.15) is 18.5 Å². The Morgan fingerprint density at radius 3 is 2.67 bits per heavy atom. The number of nitrogens with one attached hydrogen (secondary N) is 2. The minimum atomic E-state index is -0.645. The van der Waals surface area contributed by atoms with Gasteiger partial charge in [-0.2, -0.15) is 0 Å². The van der Waals surface area contributed by atoms with Crippen LogP contribution in [0.5, 0.6) is 5.75 Å². The van der Waals surface area contributed by atoms with Gasteiger partial charge in [-0.3, -0.25) is 0 Å². The van der Waals surface area contributed by atoms with Gasteiger partial charge in [-0.05, 0) is 36.8 Å². The van der Waals surface area contributed by atoms with Crippen molar-refractivity contribution in [3.05, 3.63) is 71.7 Å². The Balaban J connectivity index is 1.79. The average Bonchev–Trinajstić information content (AvgIpc) is 3.16. The summed E-state index contributed by atoms with van der Waals surface area (Å²) in [5.74, 6) is 0.205. The molecule has 0 spiro atoms. The Labute approximate surface area is 173 Å². The maximum atomic E-state index is 12.9. The normalized spacial score (nSPS) is 16.2. The fourth-order valence-corrected chi connectivity index (χ4v) is 3.55. The number of benzene rings is 2. The van der Waals surface area contributed by atoms with Gasteiger partial charge in [0.2, 0.25) is 0 Å². The number of ether oxygens (including phenoxy) is 2. The number of carbonyl (C=O) groups excluding carboxylic acids is 2. The molecule has 1 aliphatic heterocycles. The lowest BCUT2D eigenvalue weighted by molar-refractivity contribution is -0.139. The number of para-hydroxylation sites is 2. The molecule has 154 valence electrons. The van der Waals surface area contributed by atoms with E-state index in [2.05, 4.69) is 15.6 Å². The first-order chi connectivity index (χ1) is 14.6. The molecule has 0 aliphatic carbocycles. The molecule has 1 atom stereocenters. The number of hydrogen-bond donors (Lipinski definition) is 2. The quantitative estimate of drug-likeness (QED) is 0.614. The van der Waals surface area contributed by atoms with E-state index in [0.29, 0.717) is 17.0 Å². The number of rotatable bonds is 6. The summed E-state index contributed by atoms with van der Waals surface area (Å²) in [6.07, 6.45) is 1.69. The number of esters is 1. The predicted molar refractivity (Wildman–Crippen MR) is 111 cm³/mol. The molecular formula is C22H22N4O4. The van der Waals surface area contributed by atoms with Crippen molar-refractivity contribution in [2.24, 2.45) is 0 Å². The van der Waals surface area contributed by atoms with Crippen molar-refractivity contribution in [1.82, 2.24) is 20.2 Å². The molecule has 4 rings (SSSR count). The van der Waals surface area contributed by atoms with Gasteiger partial charge in [-0.1, -0.05) is 24.3 Å². The number of allylic oxidation sites excluding steroid dienone is 1. The minimum absolute atomic E-state index is 0.229. The van der Waals surface area contributed by atoms with Crippen LogP contribution in [-0.2, 0) is 16.1 Å². The summed E-state index contributed by atoms with van der Waals surface area (Å²) in [7, 11) is 1.58. The fourth-order valence-electron chi connectivity index (χ4n) is 3.55. The van der Waals surface area contributed by atoms with Crippen LogP contribution in [0, 0.1) is 0 Å². The van der Waals surface area contributed by atoms with Gasteiger partial charge >= 0.3 is 12.0 Å². The molecule has 0 bridgehead atoms. The number of carbonyl (C=O) groups is 2. The number of imidazole rings is 1. The summed E-state index contributed by atoms with van der Waals surface area (Å²) in [6, 6.07) is 13.9. The number of nitrogens with zero attached hydrogens (tertiary/aromatic N) is 2. The first-order valence-electron chi connectivity index (χ1n) is 9.62. The molecule has 0 saturated heterocycles. The average molecular weight is 406 g/mol. The zero-order valence-corrected chi connectivity index (χ0v) is 16.7. The van der Waals surface area contributed by atoms with Gasteiger partial charge in [0, 0.05) is 0 Å². The molecule has 0 fully saturated rings. The highest BCUT2D eigenvalue weighted by atomic mass is 16.5. The van der Waals surface area contributed by atoms with Gasteiger partial charge in [0.15, 0.2) is 0 Å². The smallest absolute Gasteiger partial charge is 0.338 e. The summed E-state index contributed by atoms with van der Waals surface area (Å²) >= 11 is 0. The van der Waals surface area contributed by atoms with E-state index in [4.69, 9.17) is 9.47 Å². The van der Waals surface area contributed by atoms with Crippen LogP contribution in [0.2, 0.25) is 0 Å². The van der Waals surface area contributed by atoms with Crippen LogP contribution in [0.25, 0.3) is 11.0 Å². The van der Waals surface area contributed by atoms with Crippen molar-refractivity contribution in [3.8, 4) is 5.75 Å². The summed E-state index contributed by atoms with van der Waals surface area (Å²) in [4.78, 5) is 29.7. The van der Waals surface area contributed by atoms with Gasteiger partial charge in [-0.15, -0.1) is 0 Å². The number of amides is 2. The topological polar surface area (TPSA) is 94.5 Å². The third-order valence-corrected chi connectivity index (χ3v) is 4.95. The number of hydrogen-bond acceptors (Lipinski definition) is 5. The fraction of sp³-hybridized carbons (Fsp3) is 0.227. The van der Waals surface area contributed by atoms with E-state index in [0.717, 1.165) is 16.6 Å². The van der Waals surface area contributed by atoms with Crippen molar-refractivity contribution in [1.29, 1.82) is 0 Å². The lowest BCUT2D eigenvalue weighted by atomic mass is 9.95.